The van der Waals surface area contributed by atoms with Gasteiger partial charge in [-0.25, -0.2) is 0 Å². The number of para-hydroxylation sites is 2. The molecule has 3 amide bonds. The molecule has 2 aliphatic heterocycles. The predicted octanol–water partition coefficient (Wildman–Crippen LogP) is 4.53. The number of benzene rings is 3. The van der Waals surface area contributed by atoms with Crippen LogP contribution >= 0.6 is 11.8 Å². The second-order valence-corrected chi connectivity index (χ2v) is 9.95. The maximum Gasteiger partial charge on any atom is 0.269 e. The van der Waals surface area contributed by atoms with Crippen LogP contribution in [0.2, 0.25) is 0 Å². The average Bonchev–Trinajstić information content (AvgIpc) is 3.26. The molecule has 0 saturated carbocycles. The molecule has 172 valence electrons. The van der Waals surface area contributed by atoms with Gasteiger partial charge in [-0.1, -0.05) is 42.5 Å². The second kappa shape index (κ2) is 8.33. The highest BCUT2D eigenvalue weighted by Crippen LogP contribution is 2.55. The number of nitrogens with one attached hydrogen (secondary N) is 1. The molecule has 0 aliphatic carbocycles. The van der Waals surface area contributed by atoms with Crippen molar-refractivity contribution < 1.29 is 14.4 Å². The second-order valence-electron chi connectivity index (χ2n) is 8.78. The van der Waals surface area contributed by atoms with Crippen LogP contribution in [0.4, 0.5) is 17.1 Å². The fourth-order valence-electron chi connectivity index (χ4n) is 4.84. The summed E-state index contributed by atoms with van der Waals surface area (Å²) in [6.07, 6.45) is 0. The van der Waals surface area contributed by atoms with Crippen molar-refractivity contribution in [1.82, 2.24) is 0 Å². The van der Waals surface area contributed by atoms with Crippen LogP contribution in [-0.2, 0) is 19.3 Å². The molecule has 5 rings (SSSR count). The Morgan fingerprint density at radius 3 is 2.38 bits per heavy atom. The molecule has 2 heterocycles. The lowest BCUT2D eigenvalue weighted by Crippen LogP contribution is -2.51. The Morgan fingerprint density at radius 2 is 1.65 bits per heavy atom. The number of hydrogen-bond acceptors (Lipinski definition) is 4. The number of aryl methyl sites for hydroxylation is 3. The number of amides is 3. The van der Waals surface area contributed by atoms with Crippen molar-refractivity contribution in [2.75, 3.05) is 27.4 Å². The van der Waals surface area contributed by atoms with Gasteiger partial charge in [-0.15, -0.1) is 11.8 Å². The van der Waals surface area contributed by atoms with E-state index in [1.54, 1.807) is 4.90 Å². The van der Waals surface area contributed by atoms with E-state index in [1.165, 1.54) is 16.7 Å². The Kier molecular flexibility index (Phi) is 5.44. The number of anilines is 3. The molecule has 1 atom stereocenters. The fourth-order valence-corrected chi connectivity index (χ4v) is 6.20. The quantitative estimate of drug-likeness (QED) is 0.607. The van der Waals surface area contributed by atoms with Gasteiger partial charge in [0.2, 0.25) is 16.7 Å². The Bertz CT molecular complexity index is 1320. The normalized spacial score (nSPS) is 19.1. The molecular weight excluding hydrogens is 446 g/mol. The van der Waals surface area contributed by atoms with Gasteiger partial charge >= 0.3 is 0 Å². The maximum atomic E-state index is 14.1. The Balaban J connectivity index is 1.54. The summed E-state index contributed by atoms with van der Waals surface area (Å²) < 4.78 is 0. The van der Waals surface area contributed by atoms with Crippen LogP contribution in [0.1, 0.15) is 22.3 Å². The lowest BCUT2D eigenvalue weighted by molar-refractivity contribution is -0.124. The highest BCUT2D eigenvalue weighted by atomic mass is 32.2. The van der Waals surface area contributed by atoms with E-state index in [0.29, 0.717) is 17.1 Å². The van der Waals surface area contributed by atoms with E-state index < -0.39 is 4.87 Å². The number of nitrogens with zero attached hydrogens (tertiary/aromatic N) is 2. The average molecular weight is 472 g/mol. The molecule has 1 saturated heterocycles. The molecule has 1 N–H and O–H groups in total. The molecule has 3 aromatic rings. The first-order chi connectivity index (χ1) is 16.3. The van der Waals surface area contributed by atoms with E-state index in [1.807, 2.05) is 87.5 Å². The summed E-state index contributed by atoms with van der Waals surface area (Å²) in [5, 5.41) is 2.91. The van der Waals surface area contributed by atoms with Crippen LogP contribution in [-0.4, -0.2) is 30.0 Å². The van der Waals surface area contributed by atoms with Gasteiger partial charge < -0.3 is 5.32 Å². The molecule has 0 bridgehead atoms. The SMILES string of the molecule is Cc1cc(C)cc(N2C(=O)CS[C@@]23C(=O)N(CC(=O)Nc2ccccc2C)c2ccccc23)c1. The molecule has 7 heteroatoms. The van der Waals surface area contributed by atoms with Crippen LogP contribution < -0.4 is 15.1 Å². The molecule has 1 fully saturated rings. The first-order valence-electron chi connectivity index (χ1n) is 11.1. The van der Waals surface area contributed by atoms with Gasteiger partial charge in [-0.2, -0.15) is 0 Å². The summed E-state index contributed by atoms with van der Waals surface area (Å²) in [4.78, 5) is 42.1. The van der Waals surface area contributed by atoms with Crippen LogP contribution in [0, 0.1) is 20.8 Å². The first-order valence-corrected chi connectivity index (χ1v) is 12.1. The molecule has 0 aromatic heterocycles. The van der Waals surface area contributed by atoms with Gasteiger partial charge in [0, 0.05) is 16.9 Å². The number of rotatable bonds is 4. The summed E-state index contributed by atoms with van der Waals surface area (Å²) >= 11 is 1.32. The van der Waals surface area contributed by atoms with Gasteiger partial charge in [-0.3, -0.25) is 24.2 Å². The summed E-state index contributed by atoms with van der Waals surface area (Å²) in [7, 11) is 0. The van der Waals surface area contributed by atoms with Gasteiger partial charge in [0.1, 0.15) is 6.54 Å². The number of thioether (sulfide) groups is 1. The minimum Gasteiger partial charge on any atom is -0.324 e. The molecule has 3 aromatic carbocycles. The third-order valence-electron chi connectivity index (χ3n) is 6.25. The highest BCUT2D eigenvalue weighted by molar-refractivity contribution is 8.02. The Labute approximate surface area is 202 Å². The first kappa shape index (κ1) is 22.2. The van der Waals surface area contributed by atoms with Crippen molar-refractivity contribution in [3.8, 4) is 0 Å². The topological polar surface area (TPSA) is 69.7 Å². The third kappa shape index (κ3) is 3.47. The van der Waals surface area contributed by atoms with E-state index in [0.717, 1.165) is 22.3 Å². The van der Waals surface area contributed by atoms with Gasteiger partial charge in [-0.05, 0) is 61.7 Å². The summed E-state index contributed by atoms with van der Waals surface area (Å²) in [6.45, 7) is 5.73. The monoisotopic (exact) mass is 471 g/mol. The molecule has 6 nitrogen and oxygen atoms in total. The molecule has 2 aliphatic rings. The maximum absolute atomic E-state index is 14.1. The standard InChI is InChI=1S/C27H25N3O3S/c1-17-12-18(2)14-20(13-17)30-25(32)16-34-27(30)21-9-5-7-11-23(21)29(26(27)33)15-24(31)28-22-10-6-4-8-19(22)3/h4-14H,15-16H2,1-3H3,(H,28,31)/t27-/m0/s1. The van der Waals surface area contributed by atoms with Crippen LogP contribution in [0.5, 0.6) is 0 Å². The fraction of sp³-hybridized carbons (Fsp3) is 0.222. The van der Waals surface area contributed by atoms with Gasteiger partial charge in [0.25, 0.3) is 5.91 Å². The number of fused-ring (bicyclic) bond motifs is 2. The van der Waals surface area contributed by atoms with Crippen molar-refractivity contribution in [3.05, 3.63) is 89.0 Å². The minimum atomic E-state index is -1.23. The smallest absolute Gasteiger partial charge is 0.269 e. The van der Waals surface area contributed by atoms with E-state index in [-0.39, 0.29) is 30.0 Å². The highest BCUT2D eigenvalue weighted by Gasteiger charge is 2.61. The van der Waals surface area contributed by atoms with Crippen LogP contribution in [0.3, 0.4) is 0 Å². The lowest BCUT2D eigenvalue weighted by atomic mass is 10.0. The number of carbonyl (C=O) groups is 3. The van der Waals surface area contributed by atoms with Crippen LogP contribution in [0.15, 0.2) is 66.7 Å². The van der Waals surface area contributed by atoms with Crippen LogP contribution in [0.25, 0.3) is 0 Å². The molecule has 1 spiro atoms. The van der Waals surface area contributed by atoms with Gasteiger partial charge in [0.05, 0.1) is 11.4 Å². The van der Waals surface area contributed by atoms with E-state index >= 15 is 0 Å². The lowest BCUT2D eigenvalue weighted by Gasteiger charge is -2.33. The van der Waals surface area contributed by atoms with E-state index in [9.17, 15) is 14.4 Å². The summed E-state index contributed by atoms with van der Waals surface area (Å²) in [5.41, 5.74) is 5.78. The molecular formula is C27H25N3O3S. The van der Waals surface area contributed by atoms with Crippen molar-refractivity contribution in [2.45, 2.75) is 25.6 Å². The zero-order valence-corrected chi connectivity index (χ0v) is 20.1. The Hall–Kier alpha value is -3.58. The number of hydrogen-bond donors (Lipinski definition) is 1. The van der Waals surface area contributed by atoms with Crippen molar-refractivity contribution in [3.63, 3.8) is 0 Å². The van der Waals surface area contributed by atoms with E-state index in [4.69, 9.17) is 0 Å². The van der Waals surface area contributed by atoms with Crippen molar-refractivity contribution in [1.29, 1.82) is 0 Å². The van der Waals surface area contributed by atoms with Crippen molar-refractivity contribution in [2.24, 2.45) is 0 Å². The summed E-state index contributed by atoms with van der Waals surface area (Å²) in [6, 6.07) is 20.9. The zero-order chi connectivity index (χ0) is 24.0. The third-order valence-corrected chi connectivity index (χ3v) is 7.64. The summed E-state index contributed by atoms with van der Waals surface area (Å²) in [5.74, 6) is -0.495. The number of carbonyl (C=O) groups excluding carboxylic acids is 3. The van der Waals surface area contributed by atoms with Crippen molar-refractivity contribution >= 4 is 46.5 Å². The Morgan fingerprint density at radius 1 is 0.971 bits per heavy atom. The molecule has 0 radical (unpaired) electrons. The minimum absolute atomic E-state index is 0.121. The molecule has 34 heavy (non-hydrogen) atoms. The zero-order valence-electron chi connectivity index (χ0n) is 19.3. The largest absolute Gasteiger partial charge is 0.324 e. The molecule has 0 unspecified atom stereocenters. The predicted molar refractivity (Wildman–Crippen MR) is 136 cm³/mol. The van der Waals surface area contributed by atoms with E-state index in [2.05, 4.69) is 5.32 Å². The van der Waals surface area contributed by atoms with Gasteiger partial charge in [0.15, 0.2) is 0 Å².